The summed E-state index contributed by atoms with van der Waals surface area (Å²) >= 11 is 0. The molecule has 0 saturated heterocycles. The largest absolute Gasteiger partial charge is 0.399 e. The predicted molar refractivity (Wildman–Crippen MR) is 169 cm³/mol. The molecule has 0 unspecified atom stereocenters. The maximum atomic E-state index is 5.95. The molecule has 0 bridgehead atoms. The van der Waals surface area contributed by atoms with E-state index in [0.29, 0.717) is 17.5 Å². The smallest absolute Gasteiger partial charge is 0.164 e. The lowest BCUT2D eigenvalue weighted by Gasteiger charge is -2.13. The van der Waals surface area contributed by atoms with Crippen molar-refractivity contribution in [2.75, 3.05) is 5.73 Å². The number of anilines is 1. The Balaban J connectivity index is 0.00000205. The molecule has 4 heteroatoms. The molecule has 0 aliphatic heterocycles. The van der Waals surface area contributed by atoms with E-state index in [2.05, 4.69) is 43.5 Å². The number of allylic oxidation sites excluding steroid dienone is 8. The van der Waals surface area contributed by atoms with Gasteiger partial charge in [-0.1, -0.05) is 106 Å². The minimum atomic E-state index is 0.540. The first-order chi connectivity index (χ1) is 19.1. The number of nitrogens with zero attached hydrogens (tertiary/aromatic N) is 3. The lowest BCUT2D eigenvalue weighted by atomic mass is 9.95. The molecule has 0 spiro atoms. The second-order valence-corrected chi connectivity index (χ2v) is 8.40. The summed E-state index contributed by atoms with van der Waals surface area (Å²) in [5.74, 6) is 1.71. The highest BCUT2D eigenvalue weighted by Gasteiger charge is 2.15. The van der Waals surface area contributed by atoms with Gasteiger partial charge in [0.1, 0.15) is 0 Å². The molecule has 1 heterocycles. The molecule has 2 N–H and O–H groups in total. The van der Waals surface area contributed by atoms with E-state index in [1.807, 2.05) is 94.4 Å². The summed E-state index contributed by atoms with van der Waals surface area (Å²) in [5, 5.41) is 0. The minimum Gasteiger partial charge on any atom is -0.399 e. The molecule has 1 aromatic heterocycles. The second kappa shape index (κ2) is 14.2. The third kappa shape index (κ3) is 7.14. The van der Waals surface area contributed by atoms with Crippen molar-refractivity contribution in [2.24, 2.45) is 0 Å². The van der Waals surface area contributed by atoms with Crippen LogP contribution < -0.4 is 5.73 Å². The number of hydrogen-bond acceptors (Lipinski definition) is 4. The van der Waals surface area contributed by atoms with Crippen molar-refractivity contribution in [2.45, 2.75) is 27.7 Å². The van der Waals surface area contributed by atoms with Gasteiger partial charge in [0.2, 0.25) is 0 Å². The zero-order valence-corrected chi connectivity index (χ0v) is 23.2. The predicted octanol–water partition coefficient (Wildman–Crippen LogP) is 9.22. The molecular formula is C35H36N4. The van der Waals surface area contributed by atoms with Crippen LogP contribution in [0.15, 0.2) is 122 Å². The fourth-order valence-electron chi connectivity index (χ4n) is 4.02. The zero-order valence-electron chi connectivity index (χ0n) is 23.2. The summed E-state index contributed by atoms with van der Waals surface area (Å²) in [6, 6.07) is 24.2. The van der Waals surface area contributed by atoms with E-state index in [9.17, 15) is 0 Å². The van der Waals surface area contributed by atoms with Crippen molar-refractivity contribution in [1.82, 2.24) is 15.0 Å². The van der Waals surface area contributed by atoms with Crippen LogP contribution in [0.2, 0.25) is 0 Å². The van der Waals surface area contributed by atoms with Gasteiger partial charge in [0.15, 0.2) is 17.5 Å². The third-order valence-electron chi connectivity index (χ3n) is 5.87. The number of hydrogen-bond donors (Lipinski definition) is 1. The van der Waals surface area contributed by atoms with Crippen molar-refractivity contribution in [3.05, 3.63) is 134 Å². The highest BCUT2D eigenvalue weighted by Crippen LogP contribution is 2.32. The number of benzene rings is 3. The molecule has 4 aromatic rings. The van der Waals surface area contributed by atoms with E-state index < -0.39 is 0 Å². The first-order valence-corrected chi connectivity index (χ1v) is 13.1. The van der Waals surface area contributed by atoms with E-state index in [4.69, 9.17) is 20.7 Å². The topological polar surface area (TPSA) is 64.7 Å². The van der Waals surface area contributed by atoms with E-state index in [1.165, 1.54) is 0 Å². The maximum absolute atomic E-state index is 5.95. The molecule has 4 nitrogen and oxygen atoms in total. The number of aromatic nitrogens is 3. The van der Waals surface area contributed by atoms with Gasteiger partial charge in [-0.2, -0.15) is 0 Å². The van der Waals surface area contributed by atoms with E-state index in [-0.39, 0.29) is 0 Å². The fourth-order valence-corrected chi connectivity index (χ4v) is 4.02. The fraction of sp³-hybridized carbons (Fsp3) is 0.114. The Bertz CT molecular complexity index is 1510. The van der Waals surface area contributed by atoms with Gasteiger partial charge in [-0.3, -0.25) is 0 Å². The zero-order chi connectivity index (χ0) is 28.2. The number of rotatable bonds is 8. The Labute approximate surface area is 232 Å². The summed E-state index contributed by atoms with van der Waals surface area (Å²) in [7, 11) is 0. The summed E-state index contributed by atoms with van der Waals surface area (Å²) < 4.78 is 0. The van der Waals surface area contributed by atoms with Crippen molar-refractivity contribution >= 4 is 16.8 Å². The van der Waals surface area contributed by atoms with Gasteiger partial charge in [-0.25, -0.2) is 15.0 Å². The van der Waals surface area contributed by atoms with E-state index in [1.54, 1.807) is 12.2 Å². The molecule has 4 rings (SSSR count). The van der Waals surface area contributed by atoms with Crippen molar-refractivity contribution in [3.63, 3.8) is 0 Å². The summed E-state index contributed by atoms with van der Waals surface area (Å²) in [5.41, 5.74) is 13.5. The monoisotopic (exact) mass is 512 g/mol. The molecule has 0 radical (unpaired) electrons. The van der Waals surface area contributed by atoms with Gasteiger partial charge in [-0.15, -0.1) is 0 Å². The van der Waals surface area contributed by atoms with Crippen molar-refractivity contribution in [3.8, 4) is 33.9 Å². The van der Waals surface area contributed by atoms with Crippen LogP contribution in [0.1, 0.15) is 39.1 Å². The standard InChI is InChI=1S/C33H30N4.C2H6/c1-5-12-23(7-3)27-20-28(25-16-18-30(34)19-17-25)22-29(21-27)33-36-31(24(8-4)13-6-2)35-32(37-33)26-14-10-9-11-15-26;1-2/h5-22H,2,4,34H2,1,3H3;1-2H3/b12-5-,23-7+,24-13+;. The van der Waals surface area contributed by atoms with Crippen LogP contribution in [0.5, 0.6) is 0 Å². The first-order valence-electron chi connectivity index (χ1n) is 13.1. The van der Waals surface area contributed by atoms with E-state index >= 15 is 0 Å². The van der Waals surface area contributed by atoms with Crippen LogP contribution in [-0.4, -0.2) is 15.0 Å². The Morgan fingerprint density at radius 1 is 0.718 bits per heavy atom. The number of nitrogen functional groups attached to an aromatic ring is 1. The molecule has 0 aliphatic carbocycles. The van der Waals surface area contributed by atoms with Crippen LogP contribution in [0.3, 0.4) is 0 Å². The van der Waals surface area contributed by atoms with Crippen LogP contribution in [0, 0.1) is 0 Å². The normalized spacial score (nSPS) is 11.6. The van der Waals surface area contributed by atoms with Crippen LogP contribution in [0.4, 0.5) is 5.69 Å². The highest BCUT2D eigenvalue weighted by atomic mass is 15.0. The second-order valence-electron chi connectivity index (χ2n) is 8.40. The molecule has 39 heavy (non-hydrogen) atoms. The van der Waals surface area contributed by atoms with Gasteiger partial charge >= 0.3 is 0 Å². The average Bonchev–Trinajstić information content (AvgIpc) is 3.00. The Morgan fingerprint density at radius 3 is 1.95 bits per heavy atom. The molecule has 3 aromatic carbocycles. The number of nitrogens with two attached hydrogens (primary N) is 1. The maximum Gasteiger partial charge on any atom is 0.164 e. The van der Waals surface area contributed by atoms with Crippen molar-refractivity contribution < 1.29 is 0 Å². The van der Waals surface area contributed by atoms with Gasteiger partial charge in [0, 0.05) is 22.4 Å². The lowest BCUT2D eigenvalue weighted by molar-refractivity contribution is 1.04. The molecule has 0 fully saturated rings. The third-order valence-corrected chi connectivity index (χ3v) is 5.87. The van der Waals surface area contributed by atoms with Crippen LogP contribution >= 0.6 is 0 Å². The average molecular weight is 513 g/mol. The van der Waals surface area contributed by atoms with Crippen molar-refractivity contribution in [1.29, 1.82) is 0 Å². The molecule has 0 aliphatic rings. The summed E-state index contributed by atoms with van der Waals surface area (Å²) in [6.07, 6.45) is 11.5. The molecule has 196 valence electrons. The molecule has 0 amide bonds. The Hall–Kier alpha value is -4.83. The molecular weight excluding hydrogens is 476 g/mol. The summed E-state index contributed by atoms with van der Waals surface area (Å²) in [4.78, 5) is 14.5. The Morgan fingerprint density at radius 2 is 1.36 bits per heavy atom. The quantitative estimate of drug-likeness (QED) is 0.189. The van der Waals surface area contributed by atoms with E-state index in [0.717, 1.165) is 44.7 Å². The SMILES string of the molecule is C=C/C=C(\C=C)c1nc(-c2ccccc2)nc(-c2cc(C(/C=C\C)=C/C)cc(-c3ccc(N)cc3)c2)n1.CC. The lowest BCUT2D eigenvalue weighted by Crippen LogP contribution is -2.02. The van der Waals surface area contributed by atoms with Gasteiger partial charge in [0.05, 0.1) is 0 Å². The van der Waals surface area contributed by atoms with Crippen LogP contribution in [-0.2, 0) is 0 Å². The summed E-state index contributed by atoms with van der Waals surface area (Å²) in [6.45, 7) is 15.8. The first kappa shape index (κ1) is 28.7. The molecule has 0 atom stereocenters. The van der Waals surface area contributed by atoms with Gasteiger partial charge < -0.3 is 5.73 Å². The van der Waals surface area contributed by atoms with Gasteiger partial charge in [0.25, 0.3) is 0 Å². The Kier molecular flexibility index (Phi) is 10.5. The van der Waals surface area contributed by atoms with Gasteiger partial charge in [-0.05, 0) is 66.4 Å². The molecule has 0 saturated carbocycles. The highest BCUT2D eigenvalue weighted by molar-refractivity contribution is 5.83. The minimum absolute atomic E-state index is 0.540. The van der Waals surface area contributed by atoms with Crippen LogP contribution in [0.25, 0.3) is 45.0 Å².